The third-order valence-electron chi connectivity index (χ3n) is 2.21. The van der Waals surface area contributed by atoms with Gasteiger partial charge in [0.1, 0.15) is 5.56 Å². The molecule has 1 aliphatic rings. The van der Waals surface area contributed by atoms with Crippen LogP contribution in [0.15, 0.2) is 0 Å². The van der Waals surface area contributed by atoms with Crippen LogP contribution in [0.5, 0.6) is 0 Å². The maximum absolute atomic E-state index is 9.15. The number of aliphatic hydroxyl groups is 1. The van der Waals surface area contributed by atoms with E-state index in [0.717, 1.165) is 26.1 Å². The summed E-state index contributed by atoms with van der Waals surface area (Å²) in [7, 11) is 0. The van der Waals surface area contributed by atoms with E-state index in [-0.39, 0.29) is 5.41 Å². The lowest BCUT2D eigenvalue weighted by Gasteiger charge is -2.34. The van der Waals surface area contributed by atoms with Gasteiger partial charge in [-0.25, -0.2) is 0 Å². The second kappa shape index (κ2) is 3.07. The molecule has 0 saturated carbocycles. The van der Waals surface area contributed by atoms with Crippen molar-refractivity contribution in [3.63, 3.8) is 0 Å². The van der Waals surface area contributed by atoms with Crippen LogP contribution < -0.4 is 0 Å². The van der Waals surface area contributed by atoms with Crippen LogP contribution >= 0.6 is 11.6 Å². The van der Waals surface area contributed by atoms with Gasteiger partial charge in [0.05, 0.1) is 0 Å². The van der Waals surface area contributed by atoms with Crippen molar-refractivity contribution in [3.05, 3.63) is 0 Å². The predicted octanol–water partition coefficient (Wildman–Crippen LogP) is 1.36. The van der Waals surface area contributed by atoms with Crippen molar-refractivity contribution in [1.82, 2.24) is 0 Å². The molecule has 0 spiro atoms. The van der Waals surface area contributed by atoms with E-state index in [9.17, 15) is 0 Å². The van der Waals surface area contributed by atoms with E-state index in [1.165, 1.54) is 0 Å². The first-order valence-electron chi connectivity index (χ1n) is 3.55. The first kappa shape index (κ1) is 8.31. The maximum Gasteiger partial charge on any atom is 0.133 e. The van der Waals surface area contributed by atoms with Crippen molar-refractivity contribution in [1.29, 1.82) is 0 Å². The summed E-state index contributed by atoms with van der Waals surface area (Å²) in [6.07, 6.45) is 1.72. The minimum absolute atomic E-state index is 0.125. The highest BCUT2D eigenvalue weighted by atomic mass is 35.5. The van der Waals surface area contributed by atoms with Crippen molar-refractivity contribution < 1.29 is 9.84 Å². The summed E-state index contributed by atoms with van der Waals surface area (Å²) in [5.74, 6) is 0. The topological polar surface area (TPSA) is 29.5 Å². The van der Waals surface area contributed by atoms with Gasteiger partial charge in [-0.05, 0) is 12.8 Å². The lowest BCUT2D eigenvalue weighted by atomic mass is 9.83. The fraction of sp³-hybridized carbons (Fsp3) is 1.00. The third-order valence-corrected chi connectivity index (χ3v) is 2.74. The summed E-state index contributed by atoms with van der Waals surface area (Å²) in [6, 6.07) is 0. The molecule has 1 aliphatic heterocycles. The molecule has 1 unspecified atom stereocenters. The van der Waals surface area contributed by atoms with Gasteiger partial charge in [0, 0.05) is 18.6 Å². The van der Waals surface area contributed by atoms with E-state index in [2.05, 4.69) is 0 Å². The van der Waals surface area contributed by atoms with Gasteiger partial charge in [0.2, 0.25) is 0 Å². The molecule has 10 heavy (non-hydrogen) atoms. The molecular weight excluding hydrogens is 152 g/mol. The Hall–Kier alpha value is 0.210. The lowest BCUT2D eigenvalue weighted by Crippen LogP contribution is -2.34. The first-order valence-corrected chi connectivity index (χ1v) is 3.99. The highest BCUT2D eigenvalue weighted by Crippen LogP contribution is 2.34. The van der Waals surface area contributed by atoms with Gasteiger partial charge in [-0.15, -0.1) is 0 Å². The van der Waals surface area contributed by atoms with E-state index >= 15 is 0 Å². The summed E-state index contributed by atoms with van der Waals surface area (Å²) in [5, 5.41) is 9.15. The number of halogens is 1. The Labute approximate surface area is 66.1 Å². The molecule has 0 radical (unpaired) electrons. The van der Waals surface area contributed by atoms with Crippen LogP contribution in [0.2, 0.25) is 0 Å². The quantitative estimate of drug-likeness (QED) is 0.593. The van der Waals surface area contributed by atoms with Crippen LogP contribution in [0, 0.1) is 5.41 Å². The highest BCUT2D eigenvalue weighted by molar-refractivity contribution is 6.19. The molecule has 0 bridgehead atoms. The van der Waals surface area contributed by atoms with E-state index in [1.54, 1.807) is 0 Å². The Morgan fingerprint density at radius 2 is 2.00 bits per heavy atom. The maximum atomic E-state index is 9.15. The summed E-state index contributed by atoms with van der Waals surface area (Å²) in [5.41, 5.74) is -0.851. The molecule has 1 heterocycles. The molecule has 1 fully saturated rings. The number of rotatable bonds is 1. The monoisotopic (exact) mass is 164 g/mol. The van der Waals surface area contributed by atoms with Gasteiger partial charge in [-0.1, -0.05) is 18.5 Å². The Morgan fingerprint density at radius 1 is 1.50 bits per heavy atom. The number of hydrogen-bond donors (Lipinski definition) is 1. The summed E-state index contributed by atoms with van der Waals surface area (Å²) >= 11 is 5.60. The molecule has 1 N–H and O–H groups in total. The van der Waals surface area contributed by atoms with Crippen LogP contribution in [0.3, 0.4) is 0 Å². The van der Waals surface area contributed by atoms with Crippen molar-refractivity contribution in [3.8, 4) is 0 Å². The van der Waals surface area contributed by atoms with Gasteiger partial charge in [-0.2, -0.15) is 0 Å². The lowest BCUT2D eigenvalue weighted by molar-refractivity contribution is -0.0202. The van der Waals surface area contributed by atoms with Gasteiger partial charge in [-0.3, -0.25) is 0 Å². The second-order valence-electron chi connectivity index (χ2n) is 3.10. The summed E-state index contributed by atoms with van der Waals surface area (Å²) in [4.78, 5) is 0. The molecule has 0 aromatic heterocycles. The fourth-order valence-electron chi connectivity index (χ4n) is 1.08. The Morgan fingerprint density at radius 3 is 2.30 bits per heavy atom. The number of aliphatic hydroxyl groups excluding tert-OH is 1. The minimum Gasteiger partial charge on any atom is -0.381 e. The largest absolute Gasteiger partial charge is 0.381 e. The number of alkyl halides is 1. The summed E-state index contributed by atoms with van der Waals surface area (Å²) in [6.45, 7) is 3.44. The number of hydrogen-bond acceptors (Lipinski definition) is 2. The molecule has 1 saturated heterocycles. The van der Waals surface area contributed by atoms with E-state index < -0.39 is 5.56 Å². The average Bonchev–Trinajstić information content (AvgIpc) is 1.89. The van der Waals surface area contributed by atoms with Gasteiger partial charge in [0.25, 0.3) is 0 Å². The van der Waals surface area contributed by atoms with Crippen LogP contribution in [0.4, 0.5) is 0 Å². The van der Waals surface area contributed by atoms with Gasteiger partial charge >= 0.3 is 0 Å². The Bertz CT molecular complexity index is 108. The van der Waals surface area contributed by atoms with E-state index in [0.29, 0.717) is 0 Å². The Kier molecular flexibility index (Phi) is 2.55. The van der Waals surface area contributed by atoms with E-state index in [4.69, 9.17) is 21.4 Å². The van der Waals surface area contributed by atoms with Crippen molar-refractivity contribution in [2.75, 3.05) is 13.2 Å². The fourth-order valence-corrected chi connectivity index (χ4v) is 1.29. The van der Waals surface area contributed by atoms with Crippen LogP contribution in [0.25, 0.3) is 0 Å². The van der Waals surface area contributed by atoms with Crippen LogP contribution in [-0.4, -0.2) is 23.9 Å². The SMILES string of the molecule is CC1(C(O)Cl)CCOCC1. The first-order chi connectivity index (χ1) is 4.65. The predicted molar refractivity (Wildman–Crippen MR) is 40.0 cm³/mol. The molecule has 0 aromatic rings. The van der Waals surface area contributed by atoms with Gasteiger partial charge < -0.3 is 9.84 Å². The molecule has 2 nitrogen and oxygen atoms in total. The van der Waals surface area contributed by atoms with Crippen molar-refractivity contribution in [2.45, 2.75) is 25.3 Å². The zero-order valence-electron chi connectivity index (χ0n) is 6.14. The minimum atomic E-state index is -0.726. The molecule has 0 aromatic carbocycles. The van der Waals surface area contributed by atoms with Crippen molar-refractivity contribution >= 4 is 11.6 Å². The third kappa shape index (κ3) is 1.62. The smallest absolute Gasteiger partial charge is 0.133 e. The normalized spacial score (nSPS) is 27.9. The molecule has 1 atom stereocenters. The van der Waals surface area contributed by atoms with Gasteiger partial charge in [0.15, 0.2) is 0 Å². The highest BCUT2D eigenvalue weighted by Gasteiger charge is 2.33. The molecule has 0 amide bonds. The Balaban J connectivity index is 2.48. The standard InChI is InChI=1S/C7H13ClO2/c1-7(6(8)9)2-4-10-5-3-7/h6,9H,2-5H2,1H3. The average molecular weight is 165 g/mol. The van der Waals surface area contributed by atoms with Crippen molar-refractivity contribution in [2.24, 2.45) is 5.41 Å². The molecule has 3 heteroatoms. The van der Waals surface area contributed by atoms with E-state index in [1.807, 2.05) is 6.92 Å². The molecule has 1 rings (SSSR count). The zero-order chi connectivity index (χ0) is 7.61. The van der Waals surface area contributed by atoms with Crippen LogP contribution in [0.1, 0.15) is 19.8 Å². The second-order valence-corrected chi connectivity index (χ2v) is 3.52. The molecule has 0 aliphatic carbocycles. The summed E-state index contributed by atoms with van der Waals surface area (Å²) < 4.78 is 5.15. The zero-order valence-corrected chi connectivity index (χ0v) is 6.90. The molecule has 60 valence electrons. The van der Waals surface area contributed by atoms with Crippen LogP contribution in [-0.2, 0) is 4.74 Å². The number of ether oxygens (including phenoxy) is 1. The molecular formula is C7H13ClO2.